The van der Waals surface area contributed by atoms with Gasteiger partial charge >= 0.3 is 19.8 Å². The number of carboxylic acid groups (broad SMARTS) is 1. The summed E-state index contributed by atoms with van der Waals surface area (Å²) in [5.41, 5.74) is 1.30. The molecule has 2 N–H and O–H groups in total. The highest BCUT2D eigenvalue weighted by Crippen LogP contribution is 2.49. The molecule has 2 aromatic carbocycles. The van der Waals surface area contributed by atoms with Crippen LogP contribution >= 0.6 is 7.82 Å². The molecular weight excluding hydrogens is 477 g/mol. The summed E-state index contributed by atoms with van der Waals surface area (Å²) in [4.78, 5) is 35.4. The van der Waals surface area contributed by atoms with Gasteiger partial charge in [0.1, 0.15) is 5.75 Å². The van der Waals surface area contributed by atoms with Gasteiger partial charge in [-0.3, -0.25) is 23.2 Å². The summed E-state index contributed by atoms with van der Waals surface area (Å²) < 4.78 is 33.2. The number of amides is 1. The fourth-order valence-corrected chi connectivity index (χ4v) is 4.14. The molecule has 0 aliphatic heterocycles. The number of hydrogen-bond donors (Lipinski definition) is 2. The highest BCUT2D eigenvalue weighted by Gasteiger charge is 2.25. The molecule has 0 heterocycles. The Bertz CT molecular complexity index is 1030. The molecule has 11 heteroatoms. The fourth-order valence-electron chi connectivity index (χ4n) is 2.97. The number of para-hydroxylation sites is 1. The van der Waals surface area contributed by atoms with Crippen LogP contribution in [0.15, 0.2) is 48.5 Å². The smallest absolute Gasteiger partial charge is 0.474 e. The van der Waals surface area contributed by atoms with E-state index in [0.29, 0.717) is 12.2 Å². The number of nitrogens with one attached hydrogen (secondary N) is 1. The van der Waals surface area contributed by atoms with Gasteiger partial charge in [-0.2, -0.15) is 0 Å². The van der Waals surface area contributed by atoms with Crippen LogP contribution in [0.1, 0.15) is 49.0 Å². The van der Waals surface area contributed by atoms with Gasteiger partial charge in [-0.1, -0.05) is 24.3 Å². The van der Waals surface area contributed by atoms with Crippen LogP contribution in [-0.4, -0.2) is 42.8 Å². The summed E-state index contributed by atoms with van der Waals surface area (Å²) in [6.07, 6.45) is 0.540. The van der Waals surface area contributed by atoms with Gasteiger partial charge in [0, 0.05) is 12.8 Å². The first-order chi connectivity index (χ1) is 16.8. The Morgan fingerprint density at radius 2 is 1.57 bits per heavy atom. The second-order valence-electron chi connectivity index (χ2n) is 7.24. The van der Waals surface area contributed by atoms with E-state index in [1.54, 1.807) is 56.3 Å². The Hall–Kier alpha value is -3.04. The molecule has 0 unspecified atom stereocenters. The van der Waals surface area contributed by atoms with Crippen molar-refractivity contribution in [3.8, 4) is 5.75 Å². The van der Waals surface area contributed by atoms with Gasteiger partial charge in [0.25, 0.3) is 0 Å². The molecule has 1 amide bonds. The van der Waals surface area contributed by atoms with Crippen molar-refractivity contribution in [2.75, 3.05) is 25.1 Å². The number of esters is 1. The van der Waals surface area contributed by atoms with Crippen LogP contribution in [0.4, 0.5) is 5.69 Å². The van der Waals surface area contributed by atoms with Gasteiger partial charge in [0.15, 0.2) is 0 Å². The van der Waals surface area contributed by atoms with Gasteiger partial charge in [-0.05, 0) is 56.5 Å². The van der Waals surface area contributed by atoms with Crippen LogP contribution in [0.5, 0.6) is 5.75 Å². The van der Waals surface area contributed by atoms with Crippen LogP contribution in [0.25, 0.3) is 0 Å². The highest BCUT2D eigenvalue weighted by atomic mass is 31.2. The Morgan fingerprint density at radius 3 is 2.20 bits per heavy atom. The summed E-state index contributed by atoms with van der Waals surface area (Å²) in [5, 5.41) is 11.3. The van der Waals surface area contributed by atoms with E-state index in [0.717, 1.165) is 5.56 Å². The topological polar surface area (TPSA) is 137 Å². The van der Waals surface area contributed by atoms with Crippen LogP contribution in [-0.2, 0) is 34.1 Å². The lowest BCUT2D eigenvalue weighted by Crippen LogP contribution is -2.17. The Morgan fingerprint density at radius 1 is 0.914 bits per heavy atom. The van der Waals surface area contributed by atoms with Gasteiger partial charge in [-0.25, -0.2) is 9.36 Å². The average molecular weight is 507 g/mol. The Labute approximate surface area is 204 Å². The number of phosphoric acid groups is 1. The first kappa shape index (κ1) is 28.2. The molecule has 35 heavy (non-hydrogen) atoms. The van der Waals surface area contributed by atoms with E-state index in [-0.39, 0.29) is 50.3 Å². The van der Waals surface area contributed by atoms with E-state index in [9.17, 15) is 18.9 Å². The van der Waals surface area contributed by atoms with Gasteiger partial charge in [-0.15, -0.1) is 0 Å². The number of benzene rings is 2. The second kappa shape index (κ2) is 14.4. The van der Waals surface area contributed by atoms with Gasteiger partial charge in [0.05, 0.1) is 31.1 Å². The second-order valence-corrected chi connectivity index (χ2v) is 8.91. The van der Waals surface area contributed by atoms with Crippen LogP contribution in [0, 0.1) is 0 Å². The zero-order valence-corrected chi connectivity index (χ0v) is 20.6. The van der Waals surface area contributed by atoms with E-state index in [1.807, 2.05) is 0 Å². The van der Waals surface area contributed by atoms with E-state index in [4.69, 9.17) is 23.4 Å². The number of rotatable bonds is 15. The molecule has 0 saturated carbocycles. The number of phosphoric ester groups is 1. The molecule has 0 saturated heterocycles. The number of hydrogen-bond acceptors (Lipinski definition) is 8. The lowest BCUT2D eigenvalue weighted by Gasteiger charge is -2.16. The molecule has 0 aliphatic rings. The van der Waals surface area contributed by atoms with Crippen LogP contribution in [0.2, 0.25) is 0 Å². The first-order valence-corrected chi connectivity index (χ1v) is 12.7. The number of anilines is 1. The molecular formula is C24H30NO9P. The van der Waals surface area contributed by atoms with Crippen molar-refractivity contribution >= 4 is 31.4 Å². The molecule has 0 bridgehead atoms. The lowest BCUT2D eigenvalue weighted by molar-refractivity contribution is -0.137. The predicted molar refractivity (Wildman–Crippen MR) is 128 cm³/mol. The summed E-state index contributed by atoms with van der Waals surface area (Å²) >= 11 is 0. The maximum atomic E-state index is 12.7. The summed E-state index contributed by atoms with van der Waals surface area (Å²) in [6.45, 7) is 3.92. The van der Waals surface area contributed by atoms with Crippen molar-refractivity contribution < 1.29 is 42.4 Å². The third kappa shape index (κ3) is 10.00. The minimum Gasteiger partial charge on any atom is -0.481 e. The first-order valence-electron chi connectivity index (χ1n) is 11.2. The molecule has 0 radical (unpaired) electrons. The molecule has 0 fully saturated rings. The van der Waals surface area contributed by atoms with Gasteiger partial charge in [0.2, 0.25) is 5.91 Å². The number of ether oxygens (including phenoxy) is 1. The molecule has 0 aromatic heterocycles. The van der Waals surface area contributed by atoms with Crippen molar-refractivity contribution in [2.24, 2.45) is 0 Å². The predicted octanol–water partition coefficient (Wildman–Crippen LogP) is 4.84. The van der Waals surface area contributed by atoms with E-state index >= 15 is 0 Å². The zero-order chi connectivity index (χ0) is 25.7. The van der Waals surface area contributed by atoms with E-state index < -0.39 is 25.7 Å². The fraction of sp³-hybridized carbons (Fsp3) is 0.375. The van der Waals surface area contributed by atoms with Crippen LogP contribution < -0.4 is 10.1 Å². The third-order valence-electron chi connectivity index (χ3n) is 4.56. The largest absolute Gasteiger partial charge is 0.481 e. The summed E-state index contributed by atoms with van der Waals surface area (Å²) in [7, 11) is -3.57. The minimum absolute atomic E-state index is 0.0193. The number of carbonyl (C=O) groups is 3. The summed E-state index contributed by atoms with van der Waals surface area (Å²) in [6, 6.07) is 13.1. The molecule has 2 rings (SSSR count). The molecule has 0 aliphatic carbocycles. The Balaban J connectivity index is 1.93. The van der Waals surface area contributed by atoms with Crippen molar-refractivity contribution in [3.05, 3.63) is 59.7 Å². The van der Waals surface area contributed by atoms with Gasteiger partial charge < -0.3 is 15.2 Å². The standard InChI is InChI=1S/C24H30NO9P/c1-3-31-35(30,32-4-2)33-17-16-18-12-14-19(15-13-18)34-24(29)20-8-5-6-9-21(20)25-22(26)10-7-11-23(27)28/h5-6,8-9,12-15H,3-4,7,10-11,16-17H2,1-2H3,(H,25,26)(H,27,28). The van der Waals surface area contributed by atoms with Crippen molar-refractivity contribution in [1.82, 2.24) is 0 Å². The number of carboxylic acids is 1. The average Bonchev–Trinajstić information content (AvgIpc) is 2.80. The molecule has 10 nitrogen and oxygen atoms in total. The third-order valence-corrected chi connectivity index (χ3v) is 6.21. The monoisotopic (exact) mass is 507 g/mol. The maximum absolute atomic E-state index is 12.7. The SMILES string of the molecule is CCOP(=O)(OCC)OCCc1ccc(OC(=O)c2ccccc2NC(=O)CCCC(=O)O)cc1. The van der Waals surface area contributed by atoms with E-state index in [2.05, 4.69) is 5.32 Å². The molecule has 0 spiro atoms. The Kier molecular flexibility index (Phi) is 11.6. The molecule has 190 valence electrons. The van der Waals surface area contributed by atoms with E-state index in [1.165, 1.54) is 6.07 Å². The molecule has 2 aromatic rings. The zero-order valence-electron chi connectivity index (χ0n) is 19.7. The lowest BCUT2D eigenvalue weighted by atomic mass is 10.1. The maximum Gasteiger partial charge on any atom is 0.474 e. The summed E-state index contributed by atoms with van der Waals surface area (Å²) in [5.74, 6) is -1.72. The minimum atomic E-state index is -3.57. The highest BCUT2D eigenvalue weighted by molar-refractivity contribution is 7.48. The number of carbonyl (C=O) groups excluding carboxylic acids is 2. The van der Waals surface area contributed by atoms with Crippen molar-refractivity contribution in [1.29, 1.82) is 0 Å². The molecule has 0 atom stereocenters. The van der Waals surface area contributed by atoms with Crippen molar-refractivity contribution in [3.63, 3.8) is 0 Å². The van der Waals surface area contributed by atoms with Crippen molar-refractivity contribution in [2.45, 2.75) is 39.5 Å². The normalized spacial score (nSPS) is 11.1. The van der Waals surface area contributed by atoms with Crippen LogP contribution in [0.3, 0.4) is 0 Å². The quantitative estimate of drug-likeness (QED) is 0.197. The number of aliphatic carboxylic acids is 1.